The van der Waals surface area contributed by atoms with E-state index in [-0.39, 0.29) is 24.6 Å². The Kier molecular flexibility index (Phi) is 5.60. The van der Waals surface area contributed by atoms with E-state index in [0.717, 1.165) is 52.0 Å². The largest absolute Gasteiger partial charge is 0.396 e. The summed E-state index contributed by atoms with van der Waals surface area (Å²) in [6.07, 6.45) is 4.04. The summed E-state index contributed by atoms with van der Waals surface area (Å²) in [5, 5.41) is 12.5. The third-order valence-electron chi connectivity index (χ3n) is 4.43. The molecule has 2 atom stereocenters. The van der Waals surface area contributed by atoms with Crippen LogP contribution in [0.15, 0.2) is 0 Å². The number of carbonyl (C=O) groups is 1. The van der Waals surface area contributed by atoms with Crippen molar-refractivity contribution in [3.05, 3.63) is 0 Å². The number of piperidine rings is 1. The van der Waals surface area contributed by atoms with Crippen molar-refractivity contribution in [2.75, 3.05) is 39.3 Å². The fraction of sp³-hybridized carbons (Fsp3) is 0.929. The van der Waals surface area contributed by atoms with Crippen molar-refractivity contribution in [1.29, 1.82) is 0 Å². The average Bonchev–Trinajstić information content (AvgIpc) is 2.47. The van der Waals surface area contributed by atoms with Gasteiger partial charge in [0.05, 0.1) is 6.04 Å². The lowest BCUT2D eigenvalue weighted by Gasteiger charge is -2.40. The molecule has 2 saturated heterocycles. The summed E-state index contributed by atoms with van der Waals surface area (Å²) in [7, 11) is 0. The zero-order valence-corrected chi connectivity index (χ0v) is 12.0. The van der Waals surface area contributed by atoms with Gasteiger partial charge in [0.2, 0.25) is 5.91 Å². The molecule has 0 bridgehead atoms. The molecule has 1 amide bonds. The van der Waals surface area contributed by atoms with Gasteiger partial charge in [0, 0.05) is 45.4 Å². The molecule has 110 valence electrons. The van der Waals surface area contributed by atoms with E-state index in [2.05, 4.69) is 10.2 Å². The van der Waals surface area contributed by atoms with E-state index >= 15 is 0 Å². The zero-order valence-electron chi connectivity index (χ0n) is 12.0. The quantitative estimate of drug-likeness (QED) is 0.757. The van der Waals surface area contributed by atoms with Crippen LogP contribution in [0.2, 0.25) is 0 Å². The molecule has 2 fully saturated rings. The first kappa shape index (κ1) is 14.8. The highest BCUT2D eigenvalue weighted by Crippen LogP contribution is 2.21. The second-order valence-corrected chi connectivity index (χ2v) is 5.66. The smallest absolute Gasteiger partial charge is 0.239 e. The van der Waals surface area contributed by atoms with E-state index in [0.29, 0.717) is 0 Å². The van der Waals surface area contributed by atoms with Gasteiger partial charge in [0.15, 0.2) is 0 Å². The van der Waals surface area contributed by atoms with Crippen molar-refractivity contribution in [1.82, 2.24) is 15.1 Å². The molecule has 5 heteroatoms. The third-order valence-corrected chi connectivity index (χ3v) is 4.43. The van der Waals surface area contributed by atoms with Crippen molar-refractivity contribution in [3.8, 4) is 0 Å². The molecular weight excluding hydrogens is 242 g/mol. The summed E-state index contributed by atoms with van der Waals surface area (Å²) in [6, 6.07) is 0.220. The summed E-state index contributed by atoms with van der Waals surface area (Å²) in [6.45, 7) is 6.90. The Balaban J connectivity index is 1.95. The fourth-order valence-electron chi connectivity index (χ4n) is 3.21. The van der Waals surface area contributed by atoms with Crippen LogP contribution in [-0.4, -0.2) is 72.2 Å². The molecule has 0 aliphatic carbocycles. The van der Waals surface area contributed by atoms with Crippen LogP contribution in [0, 0.1) is 0 Å². The van der Waals surface area contributed by atoms with Crippen molar-refractivity contribution in [2.45, 2.75) is 44.7 Å². The molecule has 2 unspecified atom stereocenters. The molecule has 0 aromatic rings. The van der Waals surface area contributed by atoms with Gasteiger partial charge in [-0.25, -0.2) is 0 Å². The summed E-state index contributed by atoms with van der Waals surface area (Å²) >= 11 is 0. The van der Waals surface area contributed by atoms with Gasteiger partial charge in [0.1, 0.15) is 0 Å². The highest BCUT2D eigenvalue weighted by molar-refractivity contribution is 5.82. The lowest BCUT2D eigenvalue weighted by Crippen LogP contribution is -2.56. The van der Waals surface area contributed by atoms with Crippen LogP contribution in [0.4, 0.5) is 0 Å². The van der Waals surface area contributed by atoms with E-state index < -0.39 is 0 Å². The van der Waals surface area contributed by atoms with Gasteiger partial charge >= 0.3 is 0 Å². The van der Waals surface area contributed by atoms with E-state index in [4.69, 9.17) is 5.11 Å². The van der Waals surface area contributed by atoms with E-state index in [1.54, 1.807) is 0 Å². The number of aliphatic hydroxyl groups excluding tert-OH is 1. The number of hydrogen-bond acceptors (Lipinski definition) is 4. The number of hydrogen-bond donors (Lipinski definition) is 2. The van der Waals surface area contributed by atoms with Crippen molar-refractivity contribution in [3.63, 3.8) is 0 Å². The van der Waals surface area contributed by atoms with Gasteiger partial charge in [0.25, 0.3) is 0 Å². The predicted molar refractivity (Wildman–Crippen MR) is 75.0 cm³/mol. The molecule has 0 aromatic carbocycles. The monoisotopic (exact) mass is 269 g/mol. The first-order chi connectivity index (χ1) is 9.24. The van der Waals surface area contributed by atoms with Crippen LogP contribution in [0.1, 0.15) is 32.6 Å². The maximum atomic E-state index is 12.7. The molecule has 0 radical (unpaired) electrons. The Morgan fingerprint density at radius 2 is 2.05 bits per heavy atom. The minimum atomic E-state index is -0.0265. The molecule has 0 spiro atoms. The fourth-order valence-corrected chi connectivity index (χ4v) is 3.21. The summed E-state index contributed by atoms with van der Waals surface area (Å²) in [5.41, 5.74) is 0. The number of nitrogens with zero attached hydrogens (tertiary/aromatic N) is 2. The van der Waals surface area contributed by atoms with Crippen molar-refractivity contribution >= 4 is 5.91 Å². The van der Waals surface area contributed by atoms with E-state index in [9.17, 15) is 4.79 Å². The van der Waals surface area contributed by atoms with Crippen LogP contribution in [-0.2, 0) is 4.79 Å². The predicted octanol–water partition coefficient (Wildman–Crippen LogP) is 0.0436. The Bertz CT molecular complexity index is 290. The molecular formula is C14H27N3O2. The number of amides is 1. The van der Waals surface area contributed by atoms with Gasteiger partial charge in [-0.15, -0.1) is 0 Å². The molecule has 5 nitrogen and oxygen atoms in total. The van der Waals surface area contributed by atoms with Crippen LogP contribution in [0.3, 0.4) is 0 Å². The van der Waals surface area contributed by atoms with Gasteiger partial charge in [-0.05, 0) is 32.6 Å². The first-order valence-corrected chi connectivity index (χ1v) is 7.60. The van der Waals surface area contributed by atoms with Crippen LogP contribution < -0.4 is 5.32 Å². The minimum Gasteiger partial charge on any atom is -0.396 e. The van der Waals surface area contributed by atoms with Crippen LogP contribution >= 0.6 is 0 Å². The minimum absolute atomic E-state index is 0.0265. The second-order valence-electron chi connectivity index (χ2n) is 5.66. The molecule has 19 heavy (non-hydrogen) atoms. The molecule has 2 aliphatic rings. The zero-order chi connectivity index (χ0) is 13.7. The summed E-state index contributed by atoms with van der Waals surface area (Å²) < 4.78 is 0. The number of carbonyl (C=O) groups excluding carboxylic acids is 1. The molecule has 2 N–H and O–H groups in total. The van der Waals surface area contributed by atoms with Crippen molar-refractivity contribution in [2.24, 2.45) is 0 Å². The number of aliphatic hydroxyl groups is 1. The average molecular weight is 269 g/mol. The lowest BCUT2D eigenvalue weighted by atomic mass is 9.98. The standard InChI is InChI=1S/C14H27N3O2/c1-12(16-9-6-15-7-10-16)14(19)17-8-3-2-4-13(17)5-11-18/h12-13,15,18H,2-11H2,1H3. The molecule has 2 rings (SSSR count). The Morgan fingerprint density at radius 1 is 1.32 bits per heavy atom. The summed E-state index contributed by atoms with van der Waals surface area (Å²) in [5.74, 6) is 0.250. The normalized spacial score (nSPS) is 27.3. The highest BCUT2D eigenvalue weighted by Gasteiger charge is 2.32. The highest BCUT2D eigenvalue weighted by atomic mass is 16.3. The van der Waals surface area contributed by atoms with E-state index in [1.165, 1.54) is 6.42 Å². The molecule has 0 aromatic heterocycles. The number of rotatable bonds is 4. The summed E-state index contributed by atoms with van der Waals surface area (Å²) in [4.78, 5) is 17.0. The van der Waals surface area contributed by atoms with E-state index in [1.807, 2.05) is 11.8 Å². The number of nitrogens with one attached hydrogen (secondary N) is 1. The lowest BCUT2D eigenvalue weighted by molar-refractivity contribution is -0.140. The second kappa shape index (κ2) is 7.22. The molecule has 2 heterocycles. The topological polar surface area (TPSA) is 55.8 Å². The van der Waals surface area contributed by atoms with Gasteiger partial charge < -0.3 is 15.3 Å². The Morgan fingerprint density at radius 3 is 2.74 bits per heavy atom. The molecule has 0 saturated carbocycles. The number of piperazine rings is 1. The Labute approximate surface area is 115 Å². The van der Waals surface area contributed by atoms with Gasteiger partial charge in [-0.2, -0.15) is 0 Å². The third kappa shape index (κ3) is 3.68. The SMILES string of the molecule is CC(C(=O)N1CCCCC1CCO)N1CCNCC1. The Hall–Kier alpha value is -0.650. The van der Waals surface area contributed by atoms with Crippen LogP contribution in [0.25, 0.3) is 0 Å². The van der Waals surface area contributed by atoms with Crippen LogP contribution in [0.5, 0.6) is 0 Å². The first-order valence-electron chi connectivity index (χ1n) is 7.60. The van der Waals surface area contributed by atoms with Crippen molar-refractivity contribution < 1.29 is 9.90 Å². The van der Waals surface area contributed by atoms with Gasteiger partial charge in [-0.3, -0.25) is 9.69 Å². The number of likely N-dealkylation sites (tertiary alicyclic amines) is 1. The van der Waals surface area contributed by atoms with Gasteiger partial charge in [-0.1, -0.05) is 0 Å². The maximum absolute atomic E-state index is 12.7. The molecule has 2 aliphatic heterocycles. The maximum Gasteiger partial charge on any atom is 0.239 e.